The van der Waals surface area contributed by atoms with Crippen LogP contribution in [0.3, 0.4) is 0 Å². The third-order valence-corrected chi connectivity index (χ3v) is 6.88. The number of halogens is 1. The van der Waals surface area contributed by atoms with Crippen molar-refractivity contribution in [2.45, 2.75) is 57.1 Å². The zero-order valence-corrected chi connectivity index (χ0v) is 16.4. The molecule has 4 bridgehead atoms. The Balaban J connectivity index is 0.000000932. The van der Waals surface area contributed by atoms with Gasteiger partial charge in [0, 0.05) is 24.2 Å². The largest absolute Gasteiger partial charge is 0.478 e. The van der Waals surface area contributed by atoms with Crippen LogP contribution >= 0.6 is 12.3 Å². The summed E-state index contributed by atoms with van der Waals surface area (Å²) in [6, 6.07) is 0.375. The van der Waals surface area contributed by atoms with Gasteiger partial charge in [-0.25, -0.2) is 0 Å². The van der Waals surface area contributed by atoms with Crippen LogP contribution in [0, 0.1) is 23.2 Å². The molecule has 146 valence electrons. The first-order valence-corrected chi connectivity index (χ1v) is 9.95. The lowest BCUT2D eigenvalue weighted by Crippen LogP contribution is -2.59. The minimum absolute atomic E-state index is 0.188. The van der Waals surface area contributed by atoms with Gasteiger partial charge in [-0.1, -0.05) is 12.2 Å². The Bertz CT molecular complexity index is 784. The van der Waals surface area contributed by atoms with E-state index < -0.39 is 5.60 Å². The summed E-state index contributed by atoms with van der Waals surface area (Å²) in [7, 11) is 0. The Morgan fingerprint density at radius 1 is 1.41 bits per heavy atom. The smallest absolute Gasteiger partial charge is 0.216 e. The number of ether oxygens (including phenoxy) is 1. The fourth-order valence-electron chi connectivity index (χ4n) is 6.13. The Hall–Kier alpha value is -1.59. The molecule has 6 rings (SSSR count). The molecule has 1 aromatic heterocycles. The van der Waals surface area contributed by atoms with Crippen LogP contribution in [-0.4, -0.2) is 35.4 Å². The second-order valence-electron chi connectivity index (χ2n) is 8.64. The van der Waals surface area contributed by atoms with Gasteiger partial charge in [0.1, 0.15) is 1.17 Å². The molecular weight excluding hydrogens is 362 g/mol. The molecule has 0 aliphatic heterocycles. The second kappa shape index (κ2) is 6.78. The molecule has 2 unspecified atom stereocenters. The molecule has 2 atom stereocenters. The number of anilines is 1. The molecule has 4 saturated carbocycles. The number of pyridine rings is 1. The highest BCUT2D eigenvalue weighted by molar-refractivity contribution is 5.99. The van der Waals surface area contributed by atoms with Gasteiger partial charge < -0.3 is 15.2 Å². The number of nitrogens with zero attached hydrogens (tertiary/aromatic N) is 1. The summed E-state index contributed by atoms with van der Waals surface area (Å²) in [4.78, 5) is 4.56. The van der Waals surface area contributed by atoms with Crippen molar-refractivity contribution in [1.82, 2.24) is 4.98 Å². The van der Waals surface area contributed by atoms with Gasteiger partial charge in [0.25, 0.3) is 0 Å². The molecule has 5 aliphatic carbocycles. The van der Waals surface area contributed by atoms with Crippen LogP contribution in [0.15, 0.2) is 12.3 Å². The maximum atomic E-state index is 10.9. The lowest BCUT2D eigenvalue weighted by Gasteiger charge is -2.58. The average molecular weight is 392 g/mol. The van der Waals surface area contributed by atoms with Crippen molar-refractivity contribution in [3.63, 3.8) is 0 Å². The van der Waals surface area contributed by atoms with E-state index in [1.165, 1.54) is 12.8 Å². The van der Waals surface area contributed by atoms with Crippen LogP contribution < -0.4 is 5.32 Å². The molecule has 3 N–H and O–H groups in total. The van der Waals surface area contributed by atoms with Gasteiger partial charge in [-0.05, 0) is 56.8 Å². The predicted octanol–water partition coefficient (Wildman–Crippen LogP) is 3.79. The lowest BCUT2D eigenvalue weighted by atomic mass is 9.52. The summed E-state index contributed by atoms with van der Waals surface area (Å²) < 4.78 is 10.7. The maximum Gasteiger partial charge on any atom is 0.216 e. The number of rotatable bonds is 4. The standard InChI is InChI=1S/C21H27N3O2.ClH/c1-2-26-20(22)16-11-23-17-5-3-4-15(17)19(16)24-18-13-6-12-7-14(18)10-21(25,8-12)9-13;/h3-4,11-14,18,22,25H,2,5-10H2,1H3,(H,23,24);1H/i/hT. The van der Waals surface area contributed by atoms with Crippen LogP contribution in [0.4, 0.5) is 5.69 Å². The van der Waals surface area contributed by atoms with Crippen LogP contribution in [0.5, 0.6) is 0 Å². The molecule has 6 heteroatoms. The van der Waals surface area contributed by atoms with Crippen molar-refractivity contribution in [1.29, 1.82) is 6.58 Å². The normalized spacial score (nSPS) is 35.1. The van der Waals surface area contributed by atoms with Crippen molar-refractivity contribution >= 4 is 30.0 Å². The summed E-state index contributed by atoms with van der Waals surface area (Å²) in [6.07, 6.45) is 12.2. The Labute approximate surface area is 167 Å². The van der Waals surface area contributed by atoms with Crippen LogP contribution in [0.1, 0.15) is 55.8 Å². The molecule has 0 amide bonds. The van der Waals surface area contributed by atoms with E-state index in [0.717, 1.165) is 48.2 Å². The molecule has 1 aromatic rings. The Kier molecular flexibility index (Phi) is 4.40. The van der Waals surface area contributed by atoms with Crippen molar-refractivity contribution in [3.8, 4) is 0 Å². The van der Waals surface area contributed by atoms with E-state index in [1.807, 2.05) is 6.92 Å². The molecule has 5 nitrogen and oxygen atoms in total. The van der Waals surface area contributed by atoms with E-state index in [2.05, 4.69) is 34.8 Å². The number of aliphatic hydroxyl groups is 1. The van der Waals surface area contributed by atoms with Crippen LogP contribution in [-0.2, 0) is 11.2 Å². The average Bonchev–Trinajstić information content (AvgIpc) is 3.14. The summed E-state index contributed by atoms with van der Waals surface area (Å²) in [6.45, 7) is 2.38. The molecule has 4 fully saturated rings. The minimum Gasteiger partial charge on any atom is -0.478 e. The van der Waals surface area contributed by atoms with Crippen LogP contribution in [0.25, 0.3) is 6.08 Å². The fraction of sp³-hybridized carbons (Fsp3) is 0.619. The van der Waals surface area contributed by atoms with Crippen molar-refractivity contribution < 1.29 is 9.84 Å². The molecule has 0 aromatic carbocycles. The molecule has 0 radical (unpaired) electrons. The van der Waals surface area contributed by atoms with Crippen molar-refractivity contribution in [2.24, 2.45) is 17.8 Å². The van der Waals surface area contributed by atoms with E-state index in [4.69, 9.17) is 11.3 Å². The van der Waals surface area contributed by atoms with Crippen LogP contribution in [0.2, 0.25) is 0 Å². The van der Waals surface area contributed by atoms with Gasteiger partial charge in [-0.2, -0.15) is 0 Å². The number of hydrogen-bond acceptors (Lipinski definition) is 5. The van der Waals surface area contributed by atoms with E-state index in [0.29, 0.717) is 30.4 Å². The first-order chi connectivity index (χ1) is 13.6. The third kappa shape index (κ3) is 3.05. The topological polar surface area (TPSA) is 78.2 Å². The summed E-state index contributed by atoms with van der Waals surface area (Å²) >= 11 is 3.89. The van der Waals surface area contributed by atoms with Crippen molar-refractivity contribution in [2.75, 3.05) is 11.9 Å². The fourth-order valence-corrected chi connectivity index (χ4v) is 6.13. The molecule has 5 aliphatic rings. The van der Waals surface area contributed by atoms with Gasteiger partial charge >= 0.3 is 0 Å². The highest BCUT2D eigenvalue weighted by atomic mass is 35.5. The van der Waals surface area contributed by atoms with Gasteiger partial charge in [-0.15, -0.1) is 12.3 Å². The summed E-state index contributed by atoms with van der Waals surface area (Å²) in [5.74, 6) is 1.93. The first-order valence-electron chi connectivity index (χ1n) is 10.3. The predicted molar refractivity (Wildman–Crippen MR) is 109 cm³/mol. The zero-order chi connectivity index (χ0) is 19.9. The monoisotopic (exact) mass is 391 g/mol. The van der Waals surface area contributed by atoms with Gasteiger partial charge in [0.05, 0.1) is 29.2 Å². The number of aromatic nitrogens is 1. The summed E-state index contributed by atoms with van der Waals surface area (Å²) in [5, 5.41) is 23.0. The number of allylic oxidation sites excluding steroid dienone is 1. The van der Waals surface area contributed by atoms with E-state index in [9.17, 15) is 5.11 Å². The summed E-state index contributed by atoms with van der Waals surface area (Å²) in [5.41, 5.74) is 3.52. The quantitative estimate of drug-likeness (QED) is 0.539. The first kappa shape index (κ1) is 17.5. The van der Waals surface area contributed by atoms with E-state index in [-0.39, 0.29) is 5.90 Å². The Morgan fingerprint density at radius 3 is 2.81 bits per heavy atom. The maximum absolute atomic E-state index is 10.9. The molecule has 27 heavy (non-hydrogen) atoms. The number of fused-ring (bicyclic) bond motifs is 1. The number of nitrogens with one attached hydrogen (secondary N) is 2. The SMILES string of the molecule is CCOC(=N)c1cnc2c(c1NC1C3CC4CC1CC(O)(C4)C3)C=CC2.[3H]Cl. The zero-order valence-electron chi connectivity index (χ0n) is 16.7. The molecule has 1 heterocycles. The molecule has 0 saturated heterocycles. The van der Waals surface area contributed by atoms with Gasteiger partial charge in [0.2, 0.25) is 5.90 Å². The van der Waals surface area contributed by atoms with Crippen molar-refractivity contribution in [3.05, 3.63) is 29.1 Å². The molecular formula is C21H28ClN3O2. The highest BCUT2D eigenvalue weighted by Crippen LogP contribution is 2.56. The lowest BCUT2D eigenvalue weighted by molar-refractivity contribution is -0.129. The minimum atomic E-state index is -0.421. The number of hydrogen-bond donors (Lipinski definition) is 3. The van der Waals surface area contributed by atoms with E-state index >= 15 is 0 Å². The Morgan fingerprint density at radius 2 is 2.15 bits per heavy atom. The van der Waals surface area contributed by atoms with E-state index in [1.54, 1.807) is 6.20 Å². The van der Waals surface area contributed by atoms with Gasteiger partial charge in [0.15, 0.2) is 0 Å². The third-order valence-electron chi connectivity index (χ3n) is 6.88. The van der Waals surface area contributed by atoms with Gasteiger partial charge in [-0.3, -0.25) is 10.4 Å². The molecule has 0 spiro atoms. The second-order valence-corrected chi connectivity index (χ2v) is 8.64. The highest BCUT2D eigenvalue weighted by Gasteiger charge is 2.54.